The van der Waals surface area contributed by atoms with Crippen LogP contribution < -0.4 is 5.32 Å². The number of aliphatic carboxylic acids is 1. The molecule has 2 aliphatic rings. The summed E-state index contributed by atoms with van der Waals surface area (Å²) in [5, 5.41) is 16.0. The van der Waals surface area contributed by atoms with E-state index in [1.165, 1.54) is 15.8 Å². The summed E-state index contributed by atoms with van der Waals surface area (Å²) in [6.07, 6.45) is 0.755. The van der Waals surface area contributed by atoms with Gasteiger partial charge in [0, 0.05) is 25.8 Å². The SMILES string of the molecule is CC(C)Cn1cc(NC(=O)N2C[C@@H]3CCC[C@@]3(C(=O)O)C2)c(C(F)F)n1. The highest BCUT2D eigenvalue weighted by molar-refractivity contribution is 5.91. The number of carbonyl (C=O) groups excluding carboxylic acids is 1. The minimum absolute atomic E-state index is 0.0212. The fraction of sp³-hybridized carbons (Fsp3) is 0.706. The zero-order valence-electron chi connectivity index (χ0n) is 14.9. The van der Waals surface area contributed by atoms with E-state index in [2.05, 4.69) is 10.4 Å². The smallest absolute Gasteiger partial charge is 0.321 e. The molecule has 7 nitrogen and oxygen atoms in total. The molecule has 0 spiro atoms. The van der Waals surface area contributed by atoms with Crippen LogP contribution in [0.15, 0.2) is 6.20 Å². The molecule has 0 radical (unpaired) electrons. The van der Waals surface area contributed by atoms with Gasteiger partial charge in [0.15, 0.2) is 5.69 Å². The molecule has 26 heavy (non-hydrogen) atoms. The van der Waals surface area contributed by atoms with Crippen LogP contribution in [-0.4, -0.2) is 44.9 Å². The lowest BCUT2D eigenvalue weighted by molar-refractivity contribution is -0.149. The lowest BCUT2D eigenvalue weighted by atomic mass is 9.81. The van der Waals surface area contributed by atoms with Crippen molar-refractivity contribution in [3.05, 3.63) is 11.9 Å². The van der Waals surface area contributed by atoms with Crippen molar-refractivity contribution < 1.29 is 23.5 Å². The van der Waals surface area contributed by atoms with Crippen molar-refractivity contribution in [3.63, 3.8) is 0 Å². The summed E-state index contributed by atoms with van der Waals surface area (Å²) in [5.74, 6) is -0.741. The molecule has 2 amide bonds. The summed E-state index contributed by atoms with van der Waals surface area (Å²) in [6, 6.07) is -0.550. The van der Waals surface area contributed by atoms with Gasteiger partial charge in [-0.05, 0) is 24.7 Å². The maximum absolute atomic E-state index is 13.2. The summed E-state index contributed by atoms with van der Waals surface area (Å²) < 4.78 is 27.9. The number of carboxylic acids is 1. The average molecular weight is 370 g/mol. The van der Waals surface area contributed by atoms with E-state index >= 15 is 0 Å². The van der Waals surface area contributed by atoms with E-state index in [4.69, 9.17) is 0 Å². The second kappa shape index (κ2) is 6.85. The Morgan fingerprint density at radius 2 is 2.19 bits per heavy atom. The van der Waals surface area contributed by atoms with Gasteiger partial charge in [-0.3, -0.25) is 9.48 Å². The lowest BCUT2D eigenvalue weighted by Crippen LogP contribution is -2.38. The van der Waals surface area contributed by atoms with Crippen molar-refractivity contribution in [1.82, 2.24) is 14.7 Å². The molecule has 9 heteroatoms. The number of anilines is 1. The van der Waals surface area contributed by atoms with Crippen LogP contribution in [0.1, 0.15) is 45.2 Å². The van der Waals surface area contributed by atoms with Gasteiger partial charge in [-0.15, -0.1) is 0 Å². The topological polar surface area (TPSA) is 87.5 Å². The highest BCUT2D eigenvalue weighted by Gasteiger charge is 2.55. The first-order valence-corrected chi connectivity index (χ1v) is 8.87. The van der Waals surface area contributed by atoms with Crippen molar-refractivity contribution >= 4 is 17.7 Å². The van der Waals surface area contributed by atoms with Gasteiger partial charge in [-0.1, -0.05) is 20.3 Å². The molecule has 0 unspecified atom stereocenters. The predicted octanol–water partition coefficient (Wildman–Crippen LogP) is 3.20. The molecule has 1 aliphatic carbocycles. The number of likely N-dealkylation sites (tertiary alicyclic amines) is 1. The largest absolute Gasteiger partial charge is 0.481 e. The first-order valence-electron chi connectivity index (χ1n) is 8.87. The number of rotatable bonds is 5. The number of halogens is 2. The molecule has 0 aromatic carbocycles. The zero-order valence-corrected chi connectivity index (χ0v) is 14.9. The van der Waals surface area contributed by atoms with E-state index < -0.39 is 29.5 Å². The maximum Gasteiger partial charge on any atom is 0.321 e. The van der Waals surface area contributed by atoms with Crippen molar-refractivity contribution in [2.24, 2.45) is 17.3 Å². The number of hydrogen-bond donors (Lipinski definition) is 2. The van der Waals surface area contributed by atoms with Gasteiger partial charge in [0.25, 0.3) is 6.43 Å². The molecule has 2 atom stereocenters. The third kappa shape index (κ3) is 3.26. The first kappa shape index (κ1) is 18.6. The Hall–Kier alpha value is -2.19. The molecule has 1 saturated carbocycles. The lowest BCUT2D eigenvalue weighted by Gasteiger charge is -2.23. The van der Waals surface area contributed by atoms with Crippen LogP contribution in [0, 0.1) is 17.3 Å². The number of carboxylic acid groups (broad SMARTS) is 1. The maximum atomic E-state index is 13.2. The monoisotopic (exact) mass is 370 g/mol. The number of amides is 2. The average Bonchev–Trinajstić information content (AvgIpc) is 3.18. The molecule has 0 bridgehead atoms. The zero-order chi connectivity index (χ0) is 19.1. The number of nitrogens with zero attached hydrogens (tertiary/aromatic N) is 3. The first-order chi connectivity index (χ1) is 12.2. The number of hydrogen-bond acceptors (Lipinski definition) is 3. The van der Waals surface area contributed by atoms with E-state index in [9.17, 15) is 23.5 Å². The van der Waals surface area contributed by atoms with Crippen molar-refractivity contribution in [2.45, 2.75) is 46.1 Å². The summed E-state index contributed by atoms with van der Waals surface area (Å²) in [6.45, 7) is 4.79. The molecule has 2 fully saturated rings. The molecule has 2 heterocycles. The molecular weight excluding hydrogens is 346 g/mol. The summed E-state index contributed by atoms with van der Waals surface area (Å²) in [7, 11) is 0. The number of alkyl halides is 2. The van der Waals surface area contributed by atoms with Crippen LogP contribution in [0.2, 0.25) is 0 Å². The van der Waals surface area contributed by atoms with Gasteiger partial charge >= 0.3 is 12.0 Å². The molecule has 144 valence electrons. The van der Waals surface area contributed by atoms with Crippen molar-refractivity contribution in [1.29, 1.82) is 0 Å². The Balaban J connectivity index is 1.74. The van der Waals surface area contributed by atoms with Gasteiger partial charge in [-0.25, -0.2) is 13.6 Å². The van der Waals surface area contributed by atoms with Crippen LogP contribution in [0.5, 0.6) is 0 Å². The second-order valence-electron chi connectivity index (χ2n) is 7.71. The minimum Gasteiger partial charge on any atom is -0.481 e. The van der Waals surface area contributed by atoms with Gasteiger partial charge in [-0.2, -0.15) is 5.10 Å². The van der Waals surface area contributed by atoms with E-state index in [-0.39, 0.29) is 24.1 Å². The standard InChI is InChI=1S/C17H24F2N4O3/c1-10(2)6-23-8-12(13(21-23)14(18)19)20-16(26)22-7-11-4-3-5-17(11,9-22)15(24)25/h8,10-11,14H,3-7,9H2,1-2H3,(H,20,26)(H,24,25)/t11-,17+/m0/s1. The molecule has 1 aromatic heterocycles. The number of nitrogens with one attached hydrogen (secondary N) is 1. The Labute approximate surface area is 150 Å². The third-order valence-electron chi connectivity index (χ3n) is 5.37. The van der Waals surface area contributed by atoms with E-state index in [1.54, 1.807) is 0 Å². The van der Waals surface area contributed by atoms with Gasteiger partial charge in [0.1, 0.15) is 0 Å². The Morgan fingerprint density at radius 1 is 1.46 bits per heavy atom. The van der Waals surface area contributed by atoms with E-state index in [0.29, 0.717) is 19.5 Å². The van der Waals surface area contributed by atoms with Crippen molar-refractivity contribution in [3.8, 4) is 0 Å². The summed E-state index contributed by atoms with van der Waals surface area (Å²) >= 11 is 0. The Morgan fingerprint density at radius 3 is 2.77 bits per heavy atom. The third-order valence-corrected chi connectivity index (χ3v) is 5.37. The van der Waals surface area contributed by atoms with Crippen LogP contribution >= 0.6 is 0 Å². The predicted molar refractivity (Wildman–Crippen MR) is 90.0 cm³/mol. The van der Waals surface area contributed by atoms with Crippen LogP contribution in [0.4, 0.5) is 19.3 Å². The van der Waals surface area contributed by atoms with E-state index in [0.717, 1.165) is 12.8 Å². The van der Waals surface area contributed by atoms with Crippen LogP contribution in [0.25, 0.3) is 0 Å². The number of urea groups is 1. The summed E-state index contributed by atoms with van der Waals surface area (Å²) in [4.78, 5) is 25.7. The van der Waals surface area contributed by atoms with E-state index in [1.807, 2.05) is 13.8 Å². The number of carbonyl (C=O) groups is 2. The molecule has 1 aromatic rings. The normalized spacial score (nSPS) is 25.2. The van der Waals surface area contributed by atoms with Crippen LogP contribution in [-0.2, 0) is 11.3 Å². The molecule has 1 saturated heterocycles. The van der Waals surface area contributed by atoms with Gasteiger partial charge < -0.3 is 15.3 Å². The minimum atomic E-state index is -2.80. The number of aromatic nitrogens is 2. The molecular formula is C17H24F2N4O3. The fourth-order valence-electron chi connectivity index (χ4n) is 4.15. The highest BCUT2D eigenvalue weighted by Crippen LogP contribution is 2.49. The van der Waals surface area contributed by atoms with Gasteiger partial charge in [0.05, 0.1) is 11.1 Å². The van der Waals surface area contributed by atoms with Crippen molar-refractivity contribution in [2.75, 3.05) is 18.4 Å². The Bertz CT molecular complexity index is 706. The summed E-state index contributed by atoms with van der Waals surface area (Å²) in [5.41, 5.74) is -1.39. The second-order valence-corrected chi connectivity index (χ2v) is 7.71. The quantitative estimate of drug-likeness (QED) is 0.833. The Kier molecular flexibility index (Phi) is 4.90. The fourth-order valence-corrected chi connectivity index (χ4v) is 4.15. The molecule has 2 N–H and O–H groups in total. The molecule has 1 aliphatic heterocycles. The van der Waals surface area contributed by atoms with Crippen LogP contribution in [0.3, 0.4) is 0 Å². The molecule has 3 rings (SSSR count). The highest BCUT2D eigenvalue weighted by atomic mass is 19.3. The van der Waals surface area contributed by atoms with Gasteiger partial charge in [0.2, 0.25) is 0 Å². The number of fused-ring (bicyclic) bond motifs is 1.